The highest BCUT2D eigenvalue weighted by atomic mass is 16.6. The van der Waals surface area contributed by atoms with Crippen LogP contribution >= 0.6 is 0 Å². The summed E-state index contributed by atoms with van der Waals surface area (Å²) in [6, 6.07) is 55.3. The maximum Gasteiger partial charge on any atom is 0.122 e. The van der Waals surface area contributed by atoms with Crippen LogP contribution in [0.15, 0.2) is 164 Å². The first-order valence-corrected chi connectivity index (χ1v) is 20.1. The summed E-state index contributed by atoms with van der Waals surface area (Å²) in [6.07, 6.45) is -0.00129. The van der Waals surface area contributed by atoms with Crippen molar-refractivity contribution in [2.75, 3.05) is 13.7 Å². The average Bonchev–Trinajstić information content (AvgIpc) is 3.26. The van der Waals surface area contributed by atoms with Gasteiger partial charge in [-0.15, -0.1) is 0 Å². The fraction of sp³-hybridized carbons (Fsp3) is 0.294. The van der Waals surface area contributed by atoms with E-state index in [4.69, 9.17) is 23.7 Å². The summed E-state index contributed by atoms with van der Waals surface area (Å²) < 4.78 is 33.3. The topological polar surface area (TPSA) is 66.4 Å². The van der Waals surface area contributed by atoms with E-state index in [0.29, 0.717) is 39.3 Å². The number of aliphatic hydroxyl groups is 1. The third kappa shape index (κ3) is 10.5. The summed E-state index contributed by atoms with van der Waals surface area (Å²) in [4.78, 5) is 0. The van der Waals surface area contributed by atoms with Gasteiger partial charge in [-0.05, 0) is 69.5 Å². The van der Waals surface area contributed by atoms with Crippen molar-refractivity contribution in [3.63, 3.8) is 0 Å². The molecule has 0 spiro atoms. The molecule has 1 N–H and O–H groups in total. The zero-order chi connectivity index (χ0) is 39.3. The lowest BCUT2D eigenvalue weighted by Gasteiger charge is -2.51. The highest BCUT2D eigenvalue weighted by Crippen LogP contribution is 2.46. The van der Waals surface area contributed by atoms with Crippen LogP contribution in [0.4, 0.5) is 0 Å². The molecule has 294 valence electrons. The molecule has 5 atom stereocenters. The van der Waals surface area contributed by atoms with E-state index < -0.39 is 23.9 Å². The Balaban J connectivity index is 1.30. The number of ether oxygens (including phenoxy) is 5. The van der Waals surface area contributed by atoms with E-state index in [0.717, 1.165) is 45.6 Å². The van der Waals surface area contributed by atoms with E-state index in [2.05, 4.69) is 73.7 Å². The molecule has 0 saturated heterocycles. The minimum Gasteiger partial charge on any atom is -0.496 e. The molecule has 7 rings (SSSR count). The number of rotatable bonds is 18. The van der Waals surface area contributed by atoms with E-state index in [1.807, 2.05) is 97.1 Å². The van der Waals surface area contributed by atoms with Gasteiger partial charge in [0.2, 0.25) is 0 Å². The largest absolute Gasteiger partial charge is 0.496 e. The monoisotopic (exact) mass is 762 g/mol. The van der Waals surface area contributed by atoms with Gasteiger partial charge in [-0.1, -0.05) is 159 Å². The summed E-state index contributed by atoms with van der Waals surface area (Å²) in [5.74, 6) is 0.509. The summed E-state index contributed by atoms with van der Waals surface area (Å²) in [7, 11) is 1.70. The van der Waals surface area contributed by atoms with Crippen LogP contribution in [0.3, 0.4) is 0 Å². The minimum absolute atomic E-state index is 0.257. The molecule has 57 heavy (non-hydrogen) atoms. The van der Waals surface area contributed by atoms with Gasteiger partial charge >= 0.3 is 0 Å². The molecule has 1 aliphatic carbocycles. The Morgan fingerprint density at radius 1 is 0.544 bits per heavy atom. The maximum atomic E-state index is 13.5. The first kappa shape index (κ1) is 40.1. The van der Waals surface area contributed by atoms with Crippen LogP contribution in [0.2, 0.25) is 0 Å². The van der Waals surface area contributed by atoms with Gasteiger partial charge in [0.05, 0.1) is 46.2 Å². The zero-order valence-corrected chi connectivity index (χ0v) is 33.0. The van der Waals surface area contributed by atoms with Crippen LogP contribution in [0.1, 0.15) is 57.9 Å². The van der Waals surface area contributed by atoms with Gasteiger partial charge in [0.1, 0.15) is 23.6 Å². The predicted octanol–water partition coefficient (Wildman–Crippen LogP) is 10.0. The zero-order valence-electron chi connectivity index (χ0n) is 33.0. The summed E-state index contributed by atoms with van der Waals surface area (Å²) in [5.41, 5.74) is 6.85. The third-order valence-corrected chi connectivity index (χ3v) is 11.0. The SMILES string of the molecule is CCc1ccc(Cc2cc([C@@]3(O)C[C@H](COCc4ccccc4)[C@@H](OCc4ccccc4)[C@H](OCc4ccccc4)[C@H]3OCc3ccccc3)ccc2OC)cc1. The van der Waals surface area contributed by atoms with Crippen molar-refractivity contribution in [2.45, 2.75) is 76.5 Å². The van der Waals surface area contributed by atoms with Crippen LogP contribution in [-0.2, 0) is 63.8 Å². The molecule has 0 amide bonds. The first-order valence-electron chi connectivity index (χ1n) is 20.1. The van der Waals surface area contributed by atoms with Gasteiger partial charge in [-0.2, -0.15) is 0 Å². The Hall–Kier alpha value is -5.08. The Kier molecular flexibility index (Phi) is 14.0. The Morgan fingerprint density at radius 3 is 1.56 bits per heavy atom. The van der Waals surface area contributed by atoms with Gasteiger partial charge in [-0.25, -0.2) is 0 Å². The van der Waals surface area contributed by atoms with E-state index >= 15 is 0 Å². The Morgan fingerprint density at radius 2 is 1.04 bits per heavy atom. The fourth-order valence-electron chi connectivity index (χ4n) is 7.92. The van der Waals surface area contributed by atoms with Crippen LogP contribution < -0.4 is 4.74 Å². The van der Waals surface area contributed by atoms with Crippen molar-refractivity contribution in [1.29, 1.82) is 0 Å². The van der Waals surface area contributed by atoms with E-state index in [1.54, 1.807) is 7.11 Å². The predicted molar refractivity (Wildman–Crippen MR) is 225 cm³/mol. The normalized spacial score (nSPS) is 20.6. The van der Waals surface area contributed by atoms with Gasteiger partial charge in [-0.3, -0.25) is 0 Å². The van der Waals surface area contributed by atoms with E-state index in [1.165, 1.54) is 11.1 Å². The molecule has 6 heteroatoms. The van der Waals surface area contributed by atoms with Crippen molar-refractivity contribution in [2.24, 2.45) is 5.92 Å². The van der Waals surface area contributed by atoms with Crippen LogP contribution in [-0.4, -0.2) is 37.1 Å². The van der Waals surface area contributed by atoms with Crippen molar-refractivity contribution >= 4 is 0 Å². The lowest BCUT2D eigenvalue weighted by molar-refractivity contribution is -0.261. The standard InChI is InChI=1S/C51H54O6/c1-3-38-24-26-39(27-25-38)30-44-31-46(28-29-47(44)53-2)51(52)32-45(37-54-33-40-16-8-4-9-17-40)48(55-34-41-18-10-5-11-19-41)49(56-35-42-20-12-6-13-21-42)50(51)57-36-43-22-14-7-15-23-43/h4-29,31,45,48-50,52H,3,30,32-37H2,1-2H3/t45-,48-,49+,50-,51+/m1/s1. The molecule has 6 nitrogen and oxygen atoms in total. The third-order valence-electron chi connectivity index (χ3n) is 11.0. The fourth-order valence-corrected chi connectivity index (χ4v) is 7.92. The van der Waals surface area contributed by atoms with Crippen molar-refractivity contribution < 1.29 is 28.8 Å². The lowest BCUT2D eigenvalue weighted by Crippen LogP contribution is -2.62. The molecule has 0 aromatic heterocycles. The molecule has 0 heterocycles. The average molecular weight is 763 g/mol. The van der Waals surface area contributed by atoms with E-state index in [9.17, 15) is 5.11 Å². The molecule has 6 aromatic rings. The highest BCUT2D eigenvalue weighted by Gasteiger charge is 2.56. The minimum atomic E-state index is -1.49. The van der Waals surface area contributed by atoms with Gasteiger partial charge < -0.3 is 28.8 Å². The van der Waals surface area contributed by atoms with Gasteiger partial charge in [0.15, 0.2) is 0 Å². The molecule has 6 aromatic carbocycles. The molecule has 1 fully saturated rings. The summed E-state index contributed by atoms with van der Waals surface area (Å²) in [5, 5.41) is 13.5. The van der Waals surface area contributed by atoms with Crippen molar-refractivity contribution in [1.82, 2.24) is 0 Å². The number of methoxy groups -OCH3 is 1. The number of hydrogen-bond donors (Lipinski definition) is 1. The lowest BCUT2D eigenvalue weighted by atomic mass is 9.69. The quantitative estimate of drug-likeness (QED) is 0.0941. The second-order valence-electron chi connectivity index (χ2n) is 15.0. The summed E-state index contributed by atoms with van der Waals surface area (Å²) >= 11 is 0. The van der Waals surface area contributed by atoms with Crippen LogP contribution in [0.25, 0.3) is 0 Å². The van der Waals surface area contributed by atoms with E-state index in [-0.39, 0.29) is 12.5 Å². The highest BCUT2D eigenvalue weighted by molar-refractivity contribution is 5.44. The maximum absolute atomic E-state index is 13.5. The second kappa shape index (κ2) is 19.9. The Bertz CT molecular complexity index is 2070. The first-order chi connectivity index (χ1) is 28.0. The van der Waals surface area contributed by atoms with Crippen LogP contribution in [0, 0.1) is 5.92 Å². The molecule has 1 aliphatic rings. The van der Waals surface area contributed by atoms with Crippen molar-refractivity contribution in [3.8, 4) is 5.75 Å². The molecule has 0 aliphatic heterocycles. The van der Waals surface area contributed by atoms with Gasteiger partial charge in [0, 0.05) is 12.3 Å². The Labute approximate surface area is 338 Å². The number of hydrogen-bond acceptors (Lipinski definition) is 6. The smallest absolute Gasteiger partial charge is 0.122 e. The second-order valence-corrected chi connectivity index (χ2v) is 15.0. The van der Waals surface area contributed by atoms with Crippen LogP contribution in [0.5, 0.6) is 5.75 Å². The molecule has 0 unspecified atom stereocenters. The van der Waals surface area contributed by atoms with Crippen molar-refractivity contribution in [3.05, 3.63) is 208 Å². The number of benzene rings is 6. The molecule has 0 radical (unpaired) electrons. The molecular formula is C51H54O6. The summed E-state index contributed by atoms with van der Waals surface area (Å²) in [6.45, 7) is 3.92. The molecular weight excluding hydrogens is 709 g/mol. The van der Waals surface area contributed by atoms with Gasteiger partial charge in [0.25, 0.3) is 0 Å². The molecule has 0 bridgehead atoms. The number of aryl methyl sites for hydroxylation is 1. The molecule has 1 saturated carbocycles.